The maximum Gasteiger partial charge on any atom is 0.490 e. The van der Waals surface area contributed by atoms with Gasteiger partial charge in [-0.2, -0.15) is 18.3 Å². The molecule has 4 aromatic rings. The topological polar surface area (TPSA) is 117 Å². The third kappa shape index (κ3) is 5.12. The van der Waals surface area contributed by atoms with E-state index in [9.17, 15) is 18.0 Å². The fourth-order valence-electron chi connectivity index (χ4n) is 5.74. The molecule has 0 unspecified atom stereocenters. The summed E-state index contributed by atoms with van der Waals surface area (Å²) < 4.78 is 42.6. The highest BCUT2D eigenvalue weighted by molar-refractivity contribution is 7.10. The van der Waals surface area contributed by atoms with Crippen molar-refractivity contribution in [3.63, 3.8) is 0 Å². The van der Waals surface area contributed by atoms with E-state index in [4.69, 9.17) is 19.4 Å². The fraction of sp³-hybridized carbons (Fsp3) is 0.345. The predicted octanol–water partition coefficient (Wildman–Crippen LogP) is 5.14. The molecule has 1 aliphatic carbocycles. The van der Waals surface area contributed by atoms with Crippen molar-refractivity contribution < 1.29 is 37.3 Å². The second-order valence-electron chi connectivity index (χ2n) is 10.5. The Balaban J connectivity index is 0.000000405. The van der Waals surface area contributed by atoms with E-state index >= 15 is 0 Å². The number of carbonyl (C=O) groups is 2. The Morgan fingerprint density at radius 1 is 1.21 bits per heavy atom. The highest BCUT2D eigenvalue weighted by Crippen LogP contribution is 2.65. The van der Waals surface area contributed by atoms with E-state index < -0.39 is 17.6 Å². The summed E-state index contributed by atoms with van der Waals surface area (Å²) in [6.07, 6.45) is -4.28. The summed E-state index contributed by atoms with van der Waals surface area (Å²) in [6, 6.07) is 14.6. The molecule has 42 heavy (non-hydrogen) atoms. The number of carboxylic acid groups (broad SMARTS) is 1. The van der Waals surface area contributed by atoms with Crippen LogP contribution in [0.2, 0.25) is 0 Å². The number of fused-ring (bicyclic) bond motifs is 3. The number of methoxy groups -OCH3 is 1. The number of morpholine rings is 1. The van der Waals surface area contributed by atoms with E-state index in [1.165, 1.54) is 4.88 Å². The lowest BCUT2D eigenvalue weighted by Gasteiger charge is -2.25. The molecule has 3 aliphatic rings. The van der Waals surface area contributed by atoms with Crippen LogP contribution in [0.3, 0.4) is 0 Å². The second kappa shape index (κ2) is 10.7. The number of H-pyrrole nitrogens is 1. The largest absolute Gasteiger partial charge is 0.497 e. The van der Waals surface area contributed by atoms with Crippen molar-refractivity contribution in [3.8, 4) is 17.0 Å². The van der Waals surface area contributed by atoms with Gasteiger partial charge in [0.15, 0.2) is 0 Å². The number of aliphatic carboxylic acids is 1. The minimum atomic E-state index is -5.08. The Hall–Kier alpha value is -3.94. The van der Waals surface area contributed by atoms with Crippen LogP contribution >= 0.6 is 11.3 Å². The maximum absolute atomic E-state index is 13.0. The molecule has 0 bridgehead atoms. The first-order chi connectivity index (χ1) is 20.1. The van der Waals surface area contributed by atoms with E-state index in [1.54, 1.807) is 18.4 Å². The predicted molar refractivity (Wildman–Crippen MR) is 150 cm³/mol. The number of amides is 1. The van der Waals surface area contributed by atoms with Crippen LogP contribution in [0, 0.1) is 0 Å². The summed E-state index contributed by atoms with van der Waals surface area (Å²) in [5.41, 5.74) is 5.74. The van der Waals surface area contributed by atoms with Crippen molar-refractivity contribution in [2.45, 2.75) is 30.5 Å². The minimum Gasteiger partial charge on any atom is -0.497 e. The highest BCUT2D eigenvalue weighted by atomic mass is 32.1. The molecule has 2 aromatic heterocycles. The third-order valence-corrected chi connectivity index (χ3v) is 8.89. The standard InChI is InChI=1S/C27H26N4O3S.C2HF3O2/c1-33-18-3-5-23-21(12-18)27(26(32)28-23)13-22(27)16-2-4-20-24(11-16)29-30-25(20)17-10-19(35-15-17)14-31-6-8-34-9-7-31;3-2(4,5)1(6)7/h2-5,10-12,15,22H,6-9,13-14H2,1H3,(H,28,32)(H,29,30);(H,6,7)/t22-,27-;/m0./s1. The van der Waals surface area contributed by atoms with Crippen LogP contribution in [0.15, 0.2) is 47.8 Å². The van der Waals surface area contributed by atoms with Crippen molar-refractivity contribution in [2.75, 3.05) is 38.7 Å². The van der Waals surface area contributed by atoms with Gasteiger partial charge in [0, 0.05) is 52.4 Å². The molecule has 0 radical (unpaired) electrons. The van der Waals surface area contributed by atoms with E-state index in [0.717, 1.165) is 84.0 Å². The molecule has 2 fully saturated rings. The van der Waals surface area contributed by atoms with Gasteiger partial charge in [-0.25, -0.2) is 4.79 Å². The van der Waals surface area contributed by atoms with Gasteiger partial charge in [0.05, 0.1) is 31.3 Å². The molecule has 1 saturated carbocycles. The first-order valence-corrected chi connectivity index (χ1v) is 14.1. The summed E-state index contributed by atoms with van der Waals surface area (Å²) in [5.74, 6) is -1.74. The van der Waals surface area contributed by atoms with E-state index in [0.29, 0.717) is 0 Å². The summed E-state index contributed by atoms with van der Waals surface area (Å²) in [7, 11) is 1.66. The Labute approximate surface area is 242 Å². The van der Waals surface area contributed by atoms with Crippen molar-refractivity contribution in [1.82, 2.24) is 15.1 Å². The lowest BCUT2D eigenvalue weighted by atomic mass is 9.91. The lowest BCUT2D eigenvalue weighted by Crippen LogP contribution is -2.35. The number of rotatable bonds is 5. The maximum atomic E-state index is 13.0. The molecule has 1 saturated heterocycles. The summed E-state index contributed by atoms with van der Waals surface area (Å²) in [5, 5.41) is 21.4. The van der Waals surface area contributed by atoms with Crippen LogP contribution in [0.25, 0.3) is 22.2 Å². The molecule has 1 spiro atoms. The smallest absolute Gasteiger partial charge is 0.490 e. The molecule has 3 N–H and O–H groups in total. The first kappa shape index (κ1) is 28.2. The fourth-order valence-corrected chi connectivity index (χ4v) is 6.65. The van der Waals surface area contributed by atoms with Gasteiger partial charge in [0.25, 0.3) is 0 Å². The van der Waals surface area contributed by atoms with Crippen LogP contribution in [0.4, 0.5) is 18.9 Å². The summed E-state index contributed by atoms with van der Waals surface area (Å²) in [4.78, 5) is 25.7. The molecule has 220 valence electrons. The number of carbonyl (C=O) groups excluding carboxylic acids is 1. The van der Waals surface area contributed by atoms with Crippen molar-refractivity contribution in [1.29, 1.82) is 0 Å². The lowest BCUT2D eigenvalue weighted by molar-refractivity contribution is -0.192. The van der Waals surface area contributed by atoms with Gasteiger partial charge in [-0.15, -0.1) is 11.3 Å². The number of hydrogen-bond acceptors (Lipinski definition) is 7. The quantitative estimate of drug-likeness (QED) is 0.290. The molecule has 2 atom stereocenters. The van der Waals surface area contributed by atoms with Gasteiger partial charge >= 0.3 is 12.1 Å². The molecule has 7 rings (SSSR count). The number of anilines is 1. The molecule has 4 heterocycles. The van der Waals surface area contributed by atoms with Gasteiger partial charge in [0.1, 0.15) is 11.4 Å². The van der Waals surface area contributed by atoms with Gasteiger partial charge in [-0.1, -0.05) is 12.1 Å². The second-order valence-corrected chi connectivity index (χ2v) is 11.5. The van der Waals surface area contributed by atoms with E-state index in [-0.39, 0.29) is 11.8 Å². The molecular weight excluding hydrogens is 573 g/mol. The first-order valence-electron chi connectivity index (χ1n) is 13.3. The Morgan fingerprint density at radius 3 is 2.69 bits per heavy atom. The molecule has 2 aliphatic heterocycles. The number of hydrogen-bond donors (Lipinski definition) is 3. The van der Waals surface area contributed by atoms with Crippen LogP contribution < -0.4 is 10.1 Å². The summed E-state index contributed by atoms with van der Waals surface area (Å²) >= 11 is 1.79. The minimum absolute atomic E-state index is 0.0854. The van der Waals surface area contributed by atoms with Gasteiger partial charge < -0.3 is 19.9 Å². The van der Waals surface area contributed by atoms with Crippen LogP contribution in [0.1, 0.15) is 28.3 Å². The van der Waals surface area contributed by atoms with Gasteiger partial charge in [0.2, 0.25) is 5.91 Å². The molecular formula is C29H27F3N4O5S. The van der Waals surface area contributed by atoms with Crippen LogP contribution in [0.5, 0.6) is 5.75 Å². The van der Waals surface area contributed by atoms with Gasteiger partial charge in [-0.05, 0) is 47.9 Å². The van der Waals surface area contributed by atoms with Gasteiger partial charge in [-0.3, -0.25) is 14.8 Å². The average Bonchev–Trinajstić information content (AvgIpc) is 3.20. The zero-order valence-corrected chi connectivity index (χ0v) is 23.3. The van der Waals surface area contributed by atoms with Crippen molar-refractivity contribution in [3.05, 3.63) is 63.8 Å². The normalized spacial score (nSPS) is 21.5. The van der Waals surface area contributed by atoms with E-state index in [1.807, 2.05) is 18.2 Å². The Morgan fingerprint density at radius 2 is 1.98 bits per heavy atom. The number of carboxylic acids is 1. The Kier molecular flexibility index (Phi) is 7.19. The van der Waals surface area contributed by atoms with Crippen molar-refractivity contribution >= 4 is 39.8 Å². The van der Waals surface area contributed by atoms with Crippen LogP contribution in [-0.2, 0) is 26.3 Å². The average molecular weight is 601 g/mol. The third-order valence-electron chi connectivity index (χ3n) is 7.96. The number of ether oxygens (including phenoxy) is 2. The van der Waals surface area contributed by atoms with Crippen molar-refractivity contribution in [2.24, 2.45) is 0 Å². The van der Waals surface area contributed by atoms with Crippen LogP contribution in [-0.4, -0.2) is 71.7 Å². The molecule has 13 heteroatoms. The molecule has 2 aromatic carbocycles. The monoisotopic (exact) mass is 600 g/mol. The Bertz CT molecular complexity index is 1660. The number of nitrogens with zero attached hydrogens (tertiary/aromatic N) is 2. The zero-order valence-electron chi connectivity index (χ0n) is 22.5. The number of nitrogens with one attached hydrogen (secondary N) is 2. The molecule has 1 amide bonds. The number of benzene rings is 2. The number of halogens is 3. The number of aromatic nitrogens is 2. The summed E-state index contributed by atoms with van der Waals surface area (Å²) in [6.45, 7) is 4.55. The number of alkyl halides is 3. The SMILES string of the molecule is COc1ccc2c(c1)[C@]1(C[C@H]1c1ccc3c(-c4csc(CN5CCOCC5)c4)n[nH]c3c1)C(=O)N2.O=C(O)C(F)(F)F. The van der Waals surface area contributed by atoms with E-state index in [2.05, 4.69) is 50.1 Å². The zero-order chi connectivity index (χ0) is 29.6. The number of thiophene rings is 1. The highest BCUT2D eigenvalue weighted by Gasteiger charge is 2.65. The number of aromatic amines is 1. The molecule has 9 nitrogen and oxygen atoms in total.